The summed E-state index contributed by atoms with van der Waals surface area (Å²) >= 11 is 0. The van der Waals surface area contributed by atoms with Crippen LogP contribution in [-0.4, -0.2) is 21.2 Å². The molecule has 4 rings (SSSR count). The van der Waals surface area contributed by atoms with Gasteiger partial charge in [0, 0.05) is 18.3 Å². The Morgan fingerprint density at radius 1 is 1.17 bits per heavy atom. The number of rotatable bonds is 4. The second kappa shape index (κ2) is 7.08. The van der Waals surface area contributed by atoms with Gasteiger partial charge in [-0.15, -0.1) is 0 Å². The number of aryl methyl sites for hydroxylation is 1. The van der Waals surface area contributed by atoms with Gasteiger partial charge in [-0.05, 0) is 48.1 Å². The maximum Gasteiger partial charge on any atom is 0.262 e. The molecule has 144 valence electrons. The standard InChI is InChI=1S/C21H15N3O5/c1-12-5-8-19-16(9-12)23-21(29-19)15-7-6-14(10-18(15)25)22-11-13-3-2-4-17(20(13)26)24(27)28/h2-11,25-26H,1H3/p-1. The van der Waals surface area contributed by atoms with E-state index in [-0.39, 0.29) is 17.2 Å². The van der Waals surface area contributed by atoms with Crippen LogP contribution in [0.1, 0.15) is 11.1 Å². The van der Waals surface area contributed by atoms with Crippen LogP contribution in [0.25, 0.3) is 22.6 Å². The molecule has 1 N–H and O–H groups in total. The molecule has 3 aromatic carbocycles. The van der Waals surface area contributed by atoms with E-state index in [1.165, 1.54) is 24.4 Å². The van der Waals surface area contributed by atoms with E-state index in [2.05, 4.69) is 9.98 Å². The number of fused-ring (bicyclic) bond motifs is 1. The van der Waals surface area contributed by atoms with Gasteiger partial charge in [0.25, 0.3) is 5.69 Å². The number of phenols is 1. The summed E-state index contributed by atoms with van der Waals surface area (Å²) in [5, 5.41) is 33.3. The van der Waals surface area contributed by atoms with Gasteiger partial charge >= 0.3 is 0 Å². The Morgan fingerprint density at radius 3 is 2.76 bits per heavy atom. The topological polar surface area (TPSA) is 125 Å². The number of phenolic OH excluding ortho intramolecular Hbond substituents is 1. The van der Waals surface area contributed by atoms with Crippen LogP contribution in [-0.2, 0) is 0 Å². The molecule has 1 heterocycles. The molecule has 0 bridgehead atoms. The van der Waals surface area contributed by atoms with Crippen LogP contribution >= 0.6 is 0 Å². The monoisotopic (exact) mass is 388 g/mol. The van der Waals surface area contributed by atoms with E-state index in [9.17, 15) is 20.3 Å². The van der Waals surface area contributed by atoms with Crippen LogP contribution < -0.4 is 5.11 Å². The normalized spacial score (nSPS) is 11.3. The number of nitrogens with zero attached hydrogens (tertiary/aromatic N) is 3. The Morgan fingerprint density at radius 2 is 2.00 bits per heavy atom. The molecule has 0 spiro atoms. The first-order valence-corrected chi connectivity index (χ1v) is 8.61. The second-order valence-electron chi connectivity index (χ2n) is 6.40. The highest BCUT2D eigenvalue weighted by atomic mass is 16.6. The fourth-order valence-corrected chi connectivity index (χ4v) is 2.87. The molecule has 0 aliphatic carbocycles. The lowest BCUT2D eigenvalue weighted by Crippen LogP contribution is -2.01. The summed E-state index contributed by atoms with van der Waals surface area (Å²) in [6.45, 7) is 1.95. The summed E-state index contributed by atoms with van der Waals surface area (Å²) in [5.41, 5.74) is 2.68. The average Bonchev–Trinajstić information content (AvgIpc) is 3.09. The minimum Gasteiger partial charge on any atom is -0.867 e. The molecule has 0 aliphatic rings. The number of benzene rings is 3. The summed E-state index contributed by atoms with van der Waals surface area (Å²) in [4.78, 5) is 18.7. The third kappa shape index (κ3) is 3.51. The molecule has 8 nitrogen and oxygen atoms in total. The van der Waals surface area contributed by atoms with Gasteiger partial charge in [0.05, 0.1) is 16.2 Å². The highest BCUT2D eigenvalue weighted by Crippen LogP contribution is 2.34. The van der Waals surface area contributed by atoms with Gasteiger partial charge in [-0.2, -0.15) is 0 Å². The number of aliphatic imine (C=N–C) groups is 1. The number of nitro groups is 1. The third-order valence-corrected chi connectivity index (χ3v) is 4.33. The van der Waals surface area contributed by atoms with Gasteiger partial charge in [-0.25, -0.2) is 4.98 Å². The average molecular weight is 388 g/mol. The van der Waals surface area contributed by atoms with Crippen molar-refractivity contribution in [3.8, 4) is 23.0 Å². The van der Waals surface area contributed by atoms with Crippen molar-refractivity contribution in [2.45, 2.75) is 6.92 Å². The fraction of sp³-hybridized carbons (Fsp3) is 0.0476. The molecule has 8 heteroatoms. The van der Waals surface area contributed by atoms with Gasteiger partial charge in [-0.1, -0.05) is 18.2 Å². The zero-order chi connectivity index (χ0) is 20.5. The molecular formula is C21H14N3O5-. The second-order valence-corrected chi connectivity index (χ2v) is 6.40. The Hall–Kier alpha value is -4.20. The summed E-state index contributed by atoms with van der Waals surface area (Å²) in [5.74, 6) is -0.535. The van der Waals surface area contributed by atoms with Crippen molar-refractivity contribution in [1.82, 2.24) is 4.98 Å². The number of para-hydroxylation sites is 1. The molecule has 0 saturated heterocycles. The Kier molecular flexibility index (Phi) is 4.44. The molecule has 0 radical (unpaired) electrons. The van der Waals surface area contributed by atoms with Crippen molar-refractivity contribution in [2.75, 3.05) is 0 Å². The maximum absolute atomic E-state index is 12.0. The largest absolute Gasteiger partial charge is 0.867 e. The van der Waals surface area contributed by atoms with E-state index in [0.29, 0.717) is 22.4 Å². The third-order valence-electron chi connectivity index (χ3n) is 4.33. The molecule has 0 atom stereocenters. The fourth-order valence-electron chi connectivity index (χ4n) is 2.87. The summed E-state index contributed by atoms with van der Waals surface area (Å²) < 4.78 is 5.70. The van der Waals surface area contributed by atoms with E-state index in [4.69, 9.17) is 4.42 Å². The van der Waals surface area contributed by atoms with Crippen LogP contribution in [0, 0.1) is 17.0 Å². The SMILES string of the molecule is Cc1ccc2oc(-c3ccc(N=Cc4cccc([N+](=O)[O-])c4[O-])cc3O)nc2c1. The minimum absolute atomic E-state index is 0.0806. The Labute approximate surface area is 164 Å². The zero-order valence-electron chi connectivity index (χ0n) is 15.2. The van der Waals surface area contributed by atoms with Crippen LogP contribution in [0.5, 0.6) is 11.5 Å². The van der Waals surface area contributed by atoms with Gasteiger partial charge in [0.2, 0.25) is 5.89 Å². The van der Waals surface area contributed by atoms with Gasteiger partial charge < -0.3 is 14.6 Å². The van der Waals surface area contributed by atoms with Crippen LogP contribution in [0.3, 0.4) is 0 Å². The van der Waals surface area contributed by atoms with Gasteiger partial charge in [0.15, 0.2) is 5.58 Å². The summed E-state index contributed by atoms with van der Waals surface area (Å²) in [7, 11) is 0. The van der Waals surface area contributed by atoms with Crippen molar-refractivity contribution in [2.24, 2.45) is 4.99 Å². The molecule has 0 aliphatic heterocycles. The van der Waals surface area contributed by atoms with E-state index in [1.807, 2.05) is 25.1 Å². The number of aromatic hydroxyl groups is 1. The van der Waals surface area contributed by atoms with Crippen molar-refractivity contribution in [3.63, 3.8) is 0 Å². The zero-order valence-corrected chi connectivity index (χ0v) is 15.2. The van der Waals surface area contributed by atoms with E-state index in [1.54, 1.807) is 12.1 Å². The molecule has 0 unspecified atom stereocenters. The molecule has 0 amide bonds. The highest BCUT2D eigenvalue weighted by molar-refractivity contribution is 5.87. The molecule has 29 heavy (non-hydrogen) atoms. The highest BCUT2D eigenvalue weighted by Gasteiger charge is 2.13. The molecule has 4 aromatic rings. The molecular weight excluding hydrogens is 374 g/mol. The molecule has 0 saturated carbocycles. The van der Waals surface area contributed by atoms with E-state index in [0.717, 1.165) is 11.6 Å². The number of aromatic nitrogens is 1. The number of oxazole rings is 1. The first-order valence-electron chi connectivity index (χ1n) is 8.61. The number of hydrogen-bond acceptors (Lipinski definition) is 7. The predicted octanol–water partition coefficient (Wildman–Crippen LogP) is 4.24. The number of hydrogen-bond donors (Lipinski definition) is 1. The van der Waals surface area contributed by atoms with Crippen molar-refractivity contribution in [1.29, 1.82) is 0 Å². The summed E-state index contributed by atoms with van der Waals surface area (Å²) in [6, 6.07) is 14.2. The van der Waals surface area contributed by atoms with E-state index < -0.39 is 16.4 Å². The predicted molar refractivity (Wildman–Crippen MR) is 106 cm³/mol. The van der Waals surface area contributed by atoms with Gasteiger partial charge in [0.1, 0.15) is 11.3 Å². The van der Waals surface area contributed by atoms with Crippen molar-refractivity contribution < 1.29 is 19.6 Å². The van der Waals surface area contributed by atoms with E-state index >= 15 is 0 Å². The van der Waals surface area contributed by atoms with Gasteiger partial charge in [-0.3, -0.25) is 15.1 Å². The van der Waals surface area contributed by atoms with Crippen molar-refractivity contribution in [3.05, 3.63) is 75.8 Å². The van der Waals surface area contributed by atoms with Crippen LogP contribution in [0.15, 0.2) is 64.0 Å². The Bertz CT molecular complexity index is 1280. The summed E-state index contributed by atoms with van der Waals surface area (Å²) in [6.07, 6.45) is 1.23. The van der Waals surface area contributed by atoms with Crippen molar-refractivity contribution >= 4 is 28.7 Å². The smallest absolute Gasteiger partial charge is 0.262 e. The lowest BCUT2D eigenvalue weighted by molar-refractivity contribution is -0.398. The Balaban J connectivity index is 1.64. The first-order chi connectivity index (χ1) is 13.9. The lowest BCUT2D eigenvalue weighted by Gasteiger charge is -2.09. The van der Waals surface area contributed by atoms with Crippen LogP contribution in [0.2, 0.25) is 0 Å². The lowest BCUT2D eigenvalue weighted by atomic mass is 10.1. The number of nitro benzene ring substituents is 1. The molecule has 1 aromatic heterocycles. The molecule has 0 fully saturated rings. The quantitative estimate of drug-likeness (QED) is 0.317. The minimum atomic E-state index is -0.734. The van der Waals surface area contributed by atoms with Crippen LogP contribution in [0.4, 0.5) is 11.4 Å². The maximum atomic E-state index is 12.0. The first kappa shape index (κ1) is 18.2.